The van der Waals surface area contributed by atoms with E-state index in [0.717, 1.165) is 43.9 Å². The van der Waals surface area contributed by atoms with Gasteiger partial charge in [-0.1, -0.05) is 0 Å². The number of rotatable bonds is 3. The van der Waals surface area contributed by atoms with Gasteiger partial charge >= 0.3 is 12.1 Å². The Kier molecular flexibility index (Phi) is 6.65. The summed E-state index contributed by atoms with van der Waals surface area (Å²) in [7, 11) is 0. The van der Waals surface area contributed by atoms with E-state index < -0.39 is 12.1 Å². The van der Waals surface area contributed by atoms with Crippen molar-refractivity contribution in [2.24, 2.45) is 0 Å². The van der Waals surface area contributed by atoms with E-state index in [1.165, 1.54) is 16.8 Å². The average Bonchev–Trinajstić information content (AvgIpc) is 3.34. The maximum absolute atomic E-state index is 10.6. The molecule has 0 bridgehead atoms. The molecule has 0 amide bonds. The highest BCUT2D eigenvalue weighted by molar-refractivity contribution is 7.08. The summed E-state index contributed by atoms with van der Waals surface area (Å²) in [6, 6.07) is 6.12. The van der Waals surface area contributed by atoms with Crippen molar-refractivity contribution in [1.82, 2.24) is 14.9 Å². The third kappa shape index (κ3) is 5.64. The number of carboxylic acids is 1. The normalized spacial score (nSPS) is 14.4. The molecule has 6 nitrogen and oxygen atoms in total. The van der Waals surface area contributed by atoms with Crippen LogP contribution in [-0.4, -0.2) is 45.2 Å². The molecule has 3 aromatic heterocycles. The minimum absolute atomic E-state index is 0.863. The second kappa shape index (κ2) is 9.19. The fourth-order valence-corrected chi connectivity index (χ4v) is 3.64. The largest absolute Gasteiger partial charge is 0.490 e. The lowest BCUT2D eigenvalue weighted by molar-refractivity contribution is -0.192. The molecule has 4 rings (SSSR count). The number of nitrogens with zero attached hydrogens (tertiary/aromatic N) is 3. The van der Waals surface area contributed by atoms with E-state index in [9.17, 15) is 13.2 Å². The predicted molar refractivity (Wildman–Crippen MR) is 100 cm³/mol. The van der Waals surface area contributed by atoms with Gasteiger partial charge in [-0.3, -0.25) is 4.90 Å². The Morgan fingerprint density at radius 1 is 1.24 bits per heavy atom. The van der Waals surface area contributed by atoms with Crippen molar-refractivity contribution >= 4 is 17.3 Å². The summed E-state index contributed by atoms with van der Waals surface area (Å²) < 4.78 is 37.2. The number of carboxylic acid groups (broad SMARTS) is 1. The van der Waals surface area contributed by atoms with Crippen molar-refractivity contribution in [2.45, 2.75) is 25.6 Å². The van der Waals surface area contributed by atoms with Crippen LogP contribution in [0.4, 0.5) is 13.2 Å². The lowest BCUT2D eigenvalue weighted by Gasteiger charge is -2.17. The van der Waals surface area contributed by atoms with Crippen molar-refractivity contribution in [1.29, 1.82) is 0 Å². The molecule has 29 heavy (non-hydrogen) atoms. The third-order valence-corrected chi connectivity index (χ3v) is 5.06. The van der Waals surface area contributed by atoms with Crippen LogP contribution in [0, 0.1) is 0 Å². The van der Waals surface area contributed by atoms with Gasteiger partial charge in [0.25, 0.3) is 0 Å². The minimum Gasteiger partial charge on any atom is -0.475 e. The summed E-state index contributed by atoms with van der Waals surface area (Å²) in [5.41, 5.74) is 4.82. The Bertz CT molecular complexity index is 928. The van der Waals surface area contributed by atoms with Crippen LogP contribution in [0.3, 0.4) is 0 Å². The fraction of sp³-hybridized carbons (Fsp3) is 0.316. The zero-order valence-corrected chi connectivity index (χ0v) is 16.0. The standard InChI is InChI=1S/C17H17N3OS.C2HF3O2/c1-2-14(21-8-1)10-20-6-3-15-16(4-7-20)18-12-19-17(15)13-5-9-22-11-13;3-2(4,5)1(6)7/h1-2,5,8-9,11-12H,3-4,6-7,10H2;(H,6,7). The predicted octanol–water partition coefficient (Wildman–Crippen LogP) is 4.03. The first-order valence-corrected chi connectivity index (χ1v) is 9.69. The van der Waals surface area contributed by atoms with Gasteiger partial charge in [-0.15, -0.1) is 0 Å². The van der Waals surface area contributed by atoms with E-state index in [2.05, 4.69) is 31.7 Å². The van der Waals surface area contributed by atoms with E-state index in [0.29, 0.717) is 0 Å². The summed E-state index contributed by atoms with van der Waals surface area (Å²) in [4.78, 5) is 20.4. The molecule has 1 aliphatic rings. The van der Waals surface area contributed by atoms with Crippen LogP contribution in [-0.2, 0) is 24.2 Å². The second-order valence-corrected chi connectivity index (χ2v) is 7.10. The molecule has 0 fully saturated rings. The molecule has 0 aromatic carbocycles. The molecule has 0 spiro atoms. The summed E-state index contributed by atoms with van der Waals surface area (Å²) >= 11 is 1.71. The molecule has 0 saturated carbocycles. The summed E-state index contributed by atoms with van der Waals surface area (Å²) in [5.74, 6) is -1.73. The van der Waals surface area contributed by atoms with Gasteiger partial charge in [0.15, 0.2) is 0 Å². The molecule has 0 saturated heterocycles. The monoisotopic (exact) mass is 425 g/mol. The highest BCUT2D eigenvalue weighted by atomic mass is 32.1. The lowest BCUT2D eigenvalue weighted by atomic mass is 10.0. The van der Waals surface area contributed by atoms with Crippen LogP contribution in [0.25, 0.3) is 11.3 Å². The van der Waals surface area contributed by atoms with Crippen LogP contribution in [0.2, 0.25) is 0 Å². The van der Waals surface area contributed by atoms with E-state index in [1.807, 2.05) is 12.1 Å². The molecule has 1 N–H and O–H groups in total. The molecule has 1 aliphatic heterocycles. The quantitative estimate of drug-likeness (QED) is 0.683. The topological polar surface area (TPSA) is 79.5 Å². The Labute approximate surface area is 168 Å². The number of alkyl halides is 3. The van der Waals surface area contributed by atoms with Crippen LogP contribution in [0.15, 0.2) is 46.0 Å². The first-order valence-electron chi connectivity index (χ1n) is 8.74. The third-order valence-electron chi connectivity index (χ3n) is 4.37. The van der Waals surface area contributed by atoms with Gasteiger partial charge in [0.1, 0.15) is 12.1 Å². The van der Waals surface area contributed by atoms with Gasteiger partial charge in [-0.05, 0) is 30.0 Å². The van der Waals surface area contributed by atoms with Crippen LogP contribution in [0.5, 0.6) is 0 Å². The number of thiophene rings is 1. The molecule has 0 atom stereocenters. The zero-order chi connectivity index (χ0) is 20.9. The fourth-order valence-electron chi connectivity index (χ4n) is 3.00. The van der Waals surface area contributed by atoms with Crippen LogP contribution >= 0.6 is 11.3 Å². The van der Waals surface area contributed by atoms with Crippen molar-refractivity contribution < 1.29 is 27.5 Å². The first kappa shape index (κ1) is 21.0. The molecule has 4 heterocycles. The zero-order valence-electron chi connectivity index (χ0n) is 15.2. The SMILES string of the molecule is O=C(O)C(F)(F)F.c1coc(CN2CCc3ncnc(-c4ccsc4)c3CC2)c1. The van der Waals surface area contributed by atoms with E-state index in [1.54, 1.807) is 23.9 Å². The van der Waals surface area contributed by atoms with E-state index >= 15 is 0 Å². The van der Waals surface area contributed by atoms with Crippen molar-refractivity contribution in [3.63, 3.8) is 0 Å². The van der Waals surface area contributed by atoms with Crippen LogP contribution in [0.1, 0.15) is 17.0 Å². The van der Waals surface area contributed by atoms with Gasteiger partial charge in [-0.2, -0.15) is 24.5 Å². The van der Waals surface area contributed by atoms with E-state index in [-0.39, 0.29) is 0 Å². The van der Waals surface area contributed by atoms with Gasteiger partial charge in [0.2, 0.25) is 0 Å². The minimum atomic E-state index is -5.08. The Hall–Kier alpha value is -2.72. The van der Waals surface area contributed by atoms with Gasteiger partial charge in [0.05, 0.1) is 18.5 Å². The Morgan fingerprint density at radius 2 is 2.00 bits per heavy atom. The number of hydrogen-bond donors (Lipinski definition) is 1. The summed E-state index contributed by atoms with van der Waals surface area (Å²) in [6.45, 7) is 2.88. The first-order chi connectivity index (χ1) is 13.8. The number of carbonyl (C=O) groups is 1. The Balaban J connectivity index is 0.000000298. The molecule has 154 valence electrons. The molecular formula is C19H18F3N3O3S. The Morgan fingerprint density at radius 3 is 2.62 bits per heavy atom. The van der Waals surface area contributed by atoms with Crippen LogP contribution < -0.4 is 0 Å². The van der Waals surface area contributed by atoms with Gasteiger partial charge in [0, 0.05) is 41.7 Å². The highest BCUT2D eigenvalue weighted by Crippen LogP contribution is 2.27. The average molecular weight is 425 g/mol. The maximum Gasteiger partial charge on any atom is 0.490 e. The molecule has 3 aromatic rings. The number of hydrogen-bond acceptors (Lipinski definition) is 6. The van der Waals surface area contributed by atoms with Gasteiger partial charge < -0.3 is 9.52 Å². The van der Waals surface area contributed by atoms with Crippen molar-refractivity contribution in [3.8, 4) is 11.3 Å². The number of halogens is 3. The molecular weight excluding hydrogens is 407 g/mol. The molecule has 0 aliphatic carbocycles. The number of aromatic nitrogens is 2. The number of aliphatic carboxylic acids is 1. The summed E-state index contributed by atoms with van der Waals surface area (Å²) in [6.07, 6.45) is 0.313. The number of fused-ring (bicyclic) bond motifs is 1. The lowest BCUT2D eigenvalue weighted by Crippen LogP contribution is -2.25. The van der Waals surface area contributed by atoms with Crippen molar-refractivity contribution in [2.75, 3.05) is 13.1 Å². The van der Waals surface area contributed by atoms with Gasteiger partial charge in [-0.25, -0.2) is 14.8 Å². The molecule has 10 heteroatoms. The molecule has 0 radical (unpaired) electrons. The highest BCUT2D eigenvalue weighted by Gasteiger charge is 2.38. The number of furan rings is 1. The smallest absolute Gasteiger partial charge is 0.475 e. The van der Waals surface area contributed by atoms with E-state index in [4.69, 9.17) is 14.3 Å². The maximum atomic E-state index is 10.6. The molecule has 0 unspecified atom stereocenters. The second-order valence-electron chi connectivity index (χ2n) is 6.32. The summed E-state index contributed by atoms with van der Waals surface area (Å²) in [5, 5.41) is 11.4. The van der Waals surface area contributed by atoms with Crippen molar-refractivity contribution in [3.05, 3.63) is 58.6 Å².